The summed E-state index contributed by atoms with van der Waals surface area (Å²) >= 11 is 1.58. The van der Waals surface area contributed by atoms with Crippen molar-refractivity contribution in [2.75, 3.05) is 23.4 Å². The zero-order valence-corrected chi connectivity index (χ0v) is 18.5. The maximum Gasteiger partial charge on any atom is 0.407 e. The van der Waals surface area contributed by atoms with E-state index in [-0.39, 0.29) is 5.91 Å². The first kappa shape index (κ1) is 23.5. The monoisotopic (exact) mass is 430 g/mol. The molecular weight excluding hydrogens is 400 g/mol. The fourth-order valence-corrected chi connectivity index (χ4v) is 3.36. The largest absolute Gasteiger partial charge is 0.444 e. The van der Waals surface area contributed by atoms with Gasteiger partial charge in [-0.05, 0) is 44.5 Å². The summed E-state index contributed by atoms with van der Waals surface area (Å²) in [4.78, 5) is 28.5. The van der Waals surface area contributed by atoms with Crippen LogP contribution in [-0.4, -0.2) is 46.7 Å². The number of pyridine rings is 1. The molecule has 0 radical (unpaired) electrons. The number of amides is 2. The Bertz CT molecular complexity index is 782. The van der Waals surface area contributed by atoms with E-state index in [1.165, 1.54) is 0 Å². The van der Waals surface area contributed by atoms with Crippen LogP contribution in [-0.2, 0) is 16.1 Å². The number of alkyl carbamates (subject to hydrolysis) is 1. The molecule has 1 aromatic heterocycles. The van der Waals surface area contributed by atoms with Crippen molar-refractivity contribution in [1.29, 1.82) is 0 Å². The highest BCUT2D eigenvalue weighted by molar-refractivity contribution is 7.99. The third-order valence-electron chi connectivity index (χ3n) is 3.82. The lowest BCUT2D eigenvalue weighted by molar-refractivity contribution is -0.121. The fourth-order valence-electron chi connectivity index (χ4n) is 2.47. The predicted molar refractivity (Wildman–Crippen MR) is 121 cm³/mol. The lowest BCUT2D eigenvalue weighted by Crippen LogP contribution is -2.41. The van der Waals surface area contributed by atoms with Crippen molar-refractivity contribution < 1.29 is 14.3 Å². The van der Waals surface area contributed by atoms with Crippen molar-refractivity contribution >= 4 is 29.4 Å². The van der Waals surface area contributed by atoms with Gasteiger partial charge in [-0.15, -0.1) is 0 Å². The molecule has 0 aliphatic rings. The van der Waals surface area contributed by atoms with Crippen LogP contribution in [0.5, 0.6) is 0 Å². The SMILES string of the molecule is CC(C)(C)OC(=O)NCCSC[C@@H](Nc1ccccc1)C(=O)NCc1cccnc1. The van der Waals surface area contributed by atoms with Crippen LogP contribution in [0.2, 0.25) is 0 Å². The second-order valence-electron chi connectivity index (χ2n) is 7.65. The first-order valence-corrected chi connectivity index (χ1v) is 11.0. The second-order valence-corrected chi connectivity index (χ2v) is 8.80. The second kappa shape index (κ2) is 12.1. The van der Waals surface area contributed by atoms with Gasteiger partial charge in [-0.1, -0.05) is 24.3 Å². The number of benzene rings is 1. The molecule has 0 aliphatic heterocycles. The molecule has 0 bridgehead atoms. The number of ether oxygens (including phenoxy) is 1. The number of carbonyl (C=O) groups excluding carboxylic acids is 2. The van der Waals surface area contributed by atoms with E-state index in [1.807, 2.05) is 63.2 Å². The standard InChI is InChI=1S/C22H30N4O3S/c1-22(2,3)29-21(28)24-12-13-30-16-19(26-18-9-5-4-6-10-18)20(27)25-15-17-8-7-11-23-14-17/h4-11,14,19,26H,12-13,15-16H2,1-3H3,(H,24,28)(H,25,27)/t19-/m1/s1. The number of para-hydroxylation sites is 1. The molecule has 8 heteroatoms. The normalized spacial score (nSPS) is 12.0. The number of nitrogens with one attached hydrogen (secondary N) is 3. The van der Waals surface area contributed by atoms with Crippen molar-refractivity contribution in [2.45, 2.75) is 39.0 Å². The lowest BCUT2D eigenvalue weighted by Gasteiger charge is -2.20. The van der Waals surface area contributed by atoms with Crippen LogP contribution in [0.15, 0.2) is 54.9 Å². The molecule has 0 aliphatic carbocycles. The predicted octanol–water partition coefficient (Wildman–Crippen LogP) is 3.44. The number of rotatable bonds is 10. The lowest BCUT2D eigenvalue weighted by atomic mass is 10.2. The highest BCUT2D eigenvalue weighted by Gasteiger charge is 2.19. The Balaban J connectivity index is 1.82. The van der Waals surface area contributed by atoms with Gasteiger partial charge < -0.3 is 20.7 Å². The highest BCUT2D eigenvalue weighted by Crippen LogP contribution is 2.12. The fraction of sp³-hybridized carbons (Fsp3) is 0.409. The zero-order chi connectivity index (χ0) is 21.8. The van der Waals surface area contributed by atoms with Gasteiger partial charge >= 0.3 is 6.09 Å². The molecule has 7 nitrogen and oxygen atoms in total. The van der Waals surface area contributed by atoms with Gasteiger partial charge in [0.15, 0.2) is 0 Å². The molecule has 1 heterocycles. The van der Waals surface area contributed by atoms with Crippen LogP contribution >= 0.6 is 11.8 Å². The van der Waals surface area contributed by atoms with Crippen LogP contribution in [0.3, 0.4) is 0 Å². The molecule has 0 spiro atoms. The van der Waals surface area contributed by atoms with Crippen molar-refractivity contribution in [3.63, 3.8) is 0 Å². The van der Waals surface area contributed by atoms with Crippen molar-refractivity contribution in [3.8, 4) is 0 Å². The van der Waals surface area contributed by atoms with Crippen molar-refractivity contribution in [1.82, 2.24) is 15.6 Å². The Hall–Kier alpha value is -2.74. The first-order valence-electron chi connectivity index (χ1n) is 9.86. The summed E-state index contributed by atoms with van der Waals surface area (Å²) in [5.41, 5.74) is 1.30. The maximum atomic E-state index is 12.8. The Kier molecular flexibility index (Phi) is 9.47. The van der Waals surface area contributed by atoms with Crippen LogP contribution in [0.1, 0.15) is 26.3 Å². The van der Waals surface area contributed by atoms with Gasteiger partial charge in [0.2, 0.25) is 5.91 Å². The van der Waals surface area contributed by atoms with Gasteiger partial charge in [0.25, 0.3) is 0 Å². The van der Waals surface area contributed by atoms with E-state index in [4.69, 9.17) is 4.74 Å². The molecule has 162 valence electrons. The minimum Gasteiger partial charge on any atom is -0.444 e. The summed E-state index contributed by atoms with van der Waals surface area (Å²) in [7, 11) is 0. The molecule has 3 N–H and O–H groups in total. The van der Waals surface area contributed by atoms with Crippen molar-refractivity contribution in [2.24, 2.45) is 0 Å². The molecule has 30 heavy (non-hydrogen) atoms. The minimum atomic E-state index is -0.520. The summed E-state index contributed by atoms with van der Waals surface area (Å²) in [6, 6.07) is 13.0. The van der Waals surface area contributed by atoms with E-state index in [9.17, 15) is 9.59 Å². The summed E-state index contributed by atoms with van der Waals surface area (Å²) in [6.45, 7) is 6.36. The average molecular weight is 431 g/mol. The molecule has 1 aromatic carbocycles. The van der Waals surface area contributed by atoms with Crippen LogP contribution < -0.4 is 16.0 Å². The first-order chi connectivity index (χ1) is 14.3. The molecule has 0 saturated carbocycles. The summed E-state index contributed by atoms with van der Waals surface area (Å²) in [5, 5.41) is 8.97. The number of aromatic nitrogens is 1. The van der Waals surface area contributed by atoms with E-state index < -0.39 is 17.7 Å². The number of nitrogens with zero attached hydrogens (tertiary/aromatic N) is 1. The molecule has 2 rings (SSSR count). The van der Waals surface area contributed by atoms with E-state index in [2.05, 4.69) is 20.9 Å². The molecule has 2 aromatic rings. The van der Waals surface area contributed by atoms with E-state index in [1.54, 1.807) is 24.2 Å². The number of hydrogen-bond acceptors (Lipinski definition) is 6. The van der Waals surface area contributed by atoms with Gasteiger partial charge in [-0.25, -0.2) is 4.79 Å². The summed E-state index contributed by atoms with van der Waals surface area (Å²) in [5.74, 6) is 1.14. The van der Waals surface area contributed by atoms with Crippen LogP contribution in [0, 0.1) is 0 Å². The Labute approximate surface area is 182 Å². The van der Waals surface area contributed by atoms with E-state index >= 15 is 0 Å². The zero-order valence-electron chi connectivity index (χ0n) is 17.7. The quantitative estimate of drug-likeness (QED) is 0.500. The molecule has 0 unspecified atom stereocenters. The number of carbonyl (C=O) groups is 2. The Morgan fingerprint density at radius 2 is 1.87 bits per heavy atom. The summed E-state index contributed by atoms with van der Waals surface area (Å²) in [6.07, 6.45) is 3.00. The van der Waals surface area contributed by atoms with Gasteiger partial charge in [-0.3, -0.25) is 9.78 Å². The van der Waals surface area contributed by atoms with Gasteiger partial charge in [0.05, 0.1) is 0 Å². The minimum absolute atomic E-state index is 0.0877. The van der Waals surface area contributed by atoms with Crippen LogP contribution in [0.25, 0.3) is 0 Å². The number of thioether (sulfide) groups is 1. The molecule has 0 fully saturated rings. The third kappa shape index (κ3) is 9.65. The number of anilines is 1. The van der Waals surface area contributed by atoms with Gasteiger partial charge in [0, 0.05) is 42.7 Å². The average Bonchev–Trinajstić information content (AvgIpc) is 2.71. The van der Waals surface area contributed by atoms with Crippen LogP contribution in [0.4, 0.5) is 10.5 Å². The Morgan fingerprint density at radius 3 is 2.53 bits per heavy atom. The maximum absolute atomic E-state index is 12.8. The molecule has 2 amide bonds. The van der Waals surface area contributed by atoms with Crippen molar-refractivity contribution in [3.05, 3.63) is 60.4 Å². The van der Waals surface area contributed by atoms with Gasteiger partial charge in [0.1, 0.15) is 11.6 Å². The third-order valence-corrected chi connectivity index (χ3v) is 4.88. The topological polar surface area (TPSA) is 92.4 Å². The Morgan fingerprint density at radius 1 is 1.10 bits per heavy atom. The van der Waals surface area contributed by atoms with E-state index in [0.717, 1.165) is 11.3 Å². The highest BCUT2D eigenvalue weighted by atomic mass is 32.2. The van der Waals surface area contributed by atoms with E-state index in [0.29, 0.717) is 24.6 Å². The molecular formula is C22H30N4O3S. The molecule has 1 atom stereocenters. The smallest absolute Gasteiger partial charge is 0.407 e. The van der Waals surface area contributed by atoms with Gasteiger partial charge in [-0.2, -0.15) is 11.8 Å². The molecule has 0 saturated heterocycles. The summed E-state index contributed by atoms with van der Waals surface area (Å²) < 4.78 is 5.22. The number of hydrogen-bond donors (Lipinski definition) is 3.